The monoisotopic (exact) mass is 308 g/mol. The Kier molecular flexibility index (Phi) is 4.18. The van der Waals surface area contributed by atoms with Crippen LogP contribution in [0.5, 0.6) is 0 Å². The summed E-state index contributed by atoms with van der Waals surface area (Å²) in [6.45, 7) is 1.55. The van der Waals surface area contributed by atoms with Crippen molar-refractivity contribution in [2.24, 2.45) is 0 Å². The number of hydrogen-bond donors (Lipinski definition) is 1. The fourth-order valence-electron chi connectivity index (χ4n) is 1.60. The van der Waals surface area contributed by atoms with E-state index in [0.717, 1.165) is 30.1 Å². The van der Waals surface area contributed by atoms with E-state index in [2.05, 4.69) is 4.98 Å². The highest BCUT2D eigenvalue weighted by atomic mass is 32.2. The van der Waals surface area contributed by atoms with E-state index in [0.29, 0.717) is 10.6 Å². The first-order valence-electron chi connectivity index (χ1n) is 5.70. The van der Waals surface area contributed by atoms with Crippen molar-refractivity contribution >= 4 is 23.4 Å². The highest BCUT2D eigenvalue weighted by molar-refractivity contribution is 7.99. The number of pyridine rings is 1. The Bertz CT molecular complexity index is 736. The lowest BCUT2D eigenvalue weighted by Gasteiger charge is -2.05. The van der Waals surface area contributed by atoms with Crippen molar-refractivity contribution in [2.45, 2.75) is 16.8 Å². The Morgan fingerprint density at radius 3 is 2.71 bits per heavy atom. The second kappa shape index (κ2) is 5.88. The van der Waals surface area contributed by atoms with Crippen LogP contribution in [0.2, 0.25) is 0 Å². The number of nitrogens with zero attached hydrogens (tertiary/aromatic N) is 2. The van der Waals surface area contributed by atoms with E-state index in [1.54, 1.807) is 6.92 Å². The number of benzene rings is 1. The van der Waals surface area contributed by atoms with Crippen LogP contribution in [0.25, 0.3) is 0 Å². The first-order valence-corrected chi connectivity index (χ1v) is 6.52. The number of hydrogen-bond acceptors (Lipinski definition) is 5. The molecule has 1 heterocycles. The molecule has 0 radical (unpaired) electrons. The van der Waals surface area contributed by atoms with Crippen LogP contribution in [0.3, 0.4) is 0 Å². The number of carbonyl (C=O) groups is 1. The van der Waals surface area contributed by atoms with Gasteiger partial charge in [0.1, 0.15) is 17.0 Å². The van der Waals surface area contributed by atoms with E-state index >= 15 is 0 Å². The molecule has 0 fully saturated rings. The minimum absolute atomic E-state index is 0.0440. The summed E-state index contributed by atoms with van der Waals surface area (Å²) in [5.41, 5.74) is 0.226. The lowest BCUT2D eigenvalue weighted by Crippen LogP contribution is -1.97. The lowest BCUT2D eigenvalue weighted by atomic mass is 10.2. The average Bonchev–Trinajstić information content (AvgIpc) is 2.40. The summed E-state index contributed by atoms with van der Waals surface area (Å²) < 4.78 is 13.7. The summed E-state index contributed by atoms with van der Waals surface area (Å²) in [6.07, 6.45) is 1.09. The van der Waals surface area contributed by atoms with Crippen LogP contribution < -0.4 is 0 Å². The Labute approximate surface area is 122 Å². The molecule has 6 nitrogen and oxygen atoms in total. The molecule has 108 valence electrons. The van der Waals surface area contributed by atoms with Crippen LogP contribution in [0.1, 0.15) is 15.9 Å². The number of halogens is 1. The summed E-state index contributed by atoms with van der Waals surface area (Å²) in [7, 11) is 0. The molecule has 2 rings (SSSR count). The minimum Gasteiger partial charge on any atom is -0.478 e. The van der Waals surface area contributed by atoms with Gasteiger partial charge in [0, 0.05) is 5.56 Å². The molecule has 0 bridgehead atoms. The van der Waals surface area contributed by atoms with Crippen molar-refractivity contribution in [3.63, 3.8) is 0 Å². The Morgan fingerprint density at radius 2 is 2.14 bits per heavy atom. The van der Waals surface area contributed by atoms with Crippen molar-refractivity contribution < 1.29 is 19.2 Å². The van der Waals surface area contributed by atoms with Crippen LogP contribution in [0.15, 0.2) is 40.4 Å². The molecule has 8 heteroatoms. The highest BCUT2D eigenvalue weighted by Gasteiger charge is 2.14. The molecule has 1 aromatic heterocycles. The van der Waals surface area contributed by atoms with Crippen LogP contribution in [-0.4, -0.2) is 21.0 Å². The molecule has 0 saturated carbocycles. The van der Waals surface area contributed by atoms with E-state index in [9.17, 15) is 19.3 Å². The predicted octanol–water partition coefficient (Wildman–Crippen LogP) is 3.29. The van der Waals surface area contributed by atoms with Crippen LogP contribution in [0, 0.1) is 22.9 Å². The van der Waals surface area contributed by atoms with Gasteiger partial charge in [0.05, 0.1) is 15.4 Å². The molecular formula is C13H9FN2O4S. The topological polar surface area (TPSA) is 93.3 Å². The van der Waals surface area contributed by atoms with Gasteiger partial charge in [-0.25, -0.2) is 14.2 Å². The molecule has 0 amide bonds. The van der Waals surface area contributed by atoms with Crippen molar-refractivity contribution in [3.8, 4) is 0 Å². The summed E-state index contributed by atoms with van der Waals surface area (Å²) in [4.78, 5) is 25.0. The van der Waals surface area contributed by atoms with Crippen molar-refractivity contribution in [1.82, 2.24) is 4.98 Å². The Balaban J connectivity index is 2.34. The van der Waals surface area contributed by atoms with Gasteiger partial charge in [-0.3, -0.25) is 10.1 Å². The molecule has 0 saturated heterocycles. The number of rotatable bonds is 4. The molecule has 2 aromatic rings. The average molecular weight is 308 g/mol. The molecule has 0 unspecified atom stereocenters. The van der Waals surface area contributed by atoms with Gasteiger partial charge in [0.25, 0.3) is 5.69 Å². The first-order chi connectivity index (χ1) is 9.88. The molecule has 1 N–H and O–H groups in total. The van der Waals surface area contributed by atoms with Gasteiger partial charge >= 0.3 is 5.97 Å². The number of carboxylic acids is 1. The molecule has 0 spiro atoms. The number of aryl methyl sites for hydroxylation is 1. The van der Waals surface area contributed by atoms with Crippen LogP contribution >= 0.6 is 11.8 Å². The van der Waals surface area contributed by atoms with E-state index in [4.69, 9.17) is 5.11 Å². The first kappa shape index (κ1) is 14.9. The summed E-state index contributed by atoms with van der Waals surface area (Å²) in [5, 5.41) is 19.9. The summed E-state index contributed by atoms with van der Waals surface area (Å²) in [5.74, 6) is -1.74. The maximum Gasteiger partial charge on any atom is 0.335 e. The van der Waals surface area contributed by atoms with Crippen molar-refractivity contribution in [3.05, 3.63) is 57.5 Å². The number of nitro groups is 1. The molecule has 1 aromatic carbocycles. The van der Waals surface area contributed by atoms with Crippen molar-refractivity contribution in [1.29, 1.82) is 0 Å². The van der Waals surface area contributed by atoms with E-state index in [-0.39, 0.29) is 16.1 Å². The van der Waals surface area contributed by atoms with Gasteiger partial charge in [-0.05, 0) is 31.2 Å². The smallest absolute Gasteiger partial charge is 0.335 e. The van der Waals surface area contributed by atoms with E-state index in [1.165, 1.54) is 12.1 Å². The largest absolute Gasteiger partial charge is 0.478 e. The number of aromatic nitrogens is 1. The maximum atomic E-state index is 13.7. The zero-order valence-corrected chi connectivity index (χ0v) is 11.6. The highest BCUT2D eigenvalue weighted by Crippen LogP contribution is 2.31. The molecule has 0 aliphatic rings. The second-order valence-electron chi connectivity index (χ2n) is 4.12. The third-order valence-electron chi connectivity index (χ3n) is 2.65. The molecule has 0 aliphatic carbocycles. The SMILES string of the molecule is Cc1cc(Sc2cc(C(=O)O)ccc2F)ncc1[N+](=O)[O-]. The Morgan fingerprint density at radius 1 is 1.43 bits per heavy atom. The number of aromatic carboxylic acids is 1. The predicted molar refractivity (Wildman–Crippen MR) is 73.1 cm³/mol. The zero-order chi connectivity index (χ0) is 15.6. The fourth-order valence-corrected chi connectivity index (χ4v) is 2.52. The zero-order valence-electron chi connectivity index (χ0n) is 10.7. The van der Waals surface area contributed by atoms with Gasteiger partial charge in [0.2, 0.25) is 0 Å². The van der Waals surface area contributed by atoms with Crippen molar-refractivity contribution in [2.75, 3.05) is 0 Å². The third-order valence-corrected chi connectivity index (χ3v) is 3.61. The molecule has 0 aliphatic heterocycles. The molecule has 21 heavy (non-hydrogen) atoms. The van der Waals surface area contributed by atoms with Gasteiger partial charge in [0.15, 0.2) is 0 Å². The minimum atomic E-state index is -1.16. The molecular weight excluding hydrogens is 299 g/mol. The third kappa shape index (κ3) is 3.34. The van der Waals surface area contributed by atoms with Gasteiger partial charge in [-0.15, -0.1) is 0 Å². The van der Waals surface area contributed by atoms with E-state index in [1.807, 2.05) is 0 Å². The standard InChI is InChI=1S/C13H9FN2O4S/c1-7-4-12(15-6-10(7)16(19)20)21-11-5-8(13(17)18)2-3-9(11)14/h2-6H,1H3,(H,17,18). The lowest BCUT2D eigenvalue weighted by molar-refractivity contribution is -0.385. The van der Waals surface area contributed by atoms with Gasteiger partial charge in [-0.1, -0.05) is 11.8 Å². The van der Waals surface area contributed by atoms with Crippen LogP contribution in [0.4, 0.5) is 10.1 Å². The fraction of sp³-hybridized carbons (Fsp3) is 0.0769. The Hall–Kier alpha value is -2.48. The van der Waals surface area contributed by atoms with E-state index < -0.39 is 16.7 Å². The van der Waals surface area contributed by atoms with Gasteiger partial charge in [-0.2, -0.15) is 0 Å². The molecule has 0 atom stereocenters. The quantitative estimate of drug-likeness (QED) is 0.688. The van der Waals surface area contributed by atoms with Gasteiger partial charge < -0.3 is 5.11 Å². The summed E-state index contributed by atoms with van der Waals surface area (Å²) in [6, 6.07) is 4.87. The van der Waals surface area contributed by atoms with Crippen LogP contribution in [-0.2, 0) is 0 Å². The summed E-state index contributed by atoms with van der Waals surface area (Å²) >= 11 is 0.908. The number of carboxylic acid groups (broad SMARTS) is 1. The normalized spacial score (nSPS) is 10.4. The second-order valence-corrected chi connectivity index (χ2v) is 5.18. The maximum absolute atomic E-state index is 13.7.